The van der Waals surface area contributed by atoms with Crippen molar-refractivity contribution in [2.24, 2.45) is 0 Å². The van der Waals surface area contributed by atoms with E-state index >= 15 is 0 Å². The Bertz CT molecular complexity index is 2720. The quantitative estimate of drug-likeness (QED) is 0.162. The lowest BCUT2D eigenvalue weighted by atomic mass is 9.89. The molecule has 0 aromatic heterocycles. The van der Waals surface area contributed by atoms with Crippen LogP contribution in [0.2, 0.25) is 0 Å². The van der Waals surface area contributed by atoms with Gasteiger partial charge in [0.25, 0.3) is 0 Å². The van der Waals surface area contributed by atoms with Gasteiger partial charge in [0.1, 0.15) is 0 Å². The zero-order valence-corrected chi connectivity index (χ0v) is 30.0. The van der Waals surface area contributed by atoms with Gasteiger partial charge in [-0.15, -0.1) is 0 Å². The largest absolute Gasteiger partial charge is 0.311 e. The highest BCUT2D eigenvalue weighted by Crippen LogP contribution is 2.42. The van der Waals surface area contributed by atoms with Crippen LogP contribution in [0.4, 0.5) is 17.1 Å². The summed E-state index contributed by atoms with van der Waals surface area (Å²) in [7, 11) is 0. The fourth-order valence-electron chi connectivity index (χ4n) is 7.89. The smallest absolute Gasteiger partial charge is 0.0462 e. The maximum Gasteiger partial charge on any atom is 0.0462 e. The molecule has 0 aliphatic carbocycles. The van der Waals surface area contributed by atoms with E-state index in [0.717, 1.165) is 17.1 Å². The van der Waals surface area contributed by atoms with Crippen LogP contribution in [0.15, 0.2) is 200 Å². The van der Waals surface area contributed by atoms with Gasteiger partial charge in [0, 0.05) is 17.1 Å². The summed E-state index contributed by atoms with van der Waals surface area (Å²) in [6.45, 7) is 4.43. The Hall–Kier alpha value is -6.70. The van der Waals surface area contributed by atoms with Crippen molar-refractivity contribution in [1.29, 1.82) is 0 Å². The number of hydrogen-bond acceptors (Lipinski definition) is 1. The molecule has 0 N–H and O–H groups in total. The molecule has 0 spiro atoms. The Morgan fingerprint density at radius 2 is 0.868 bits per heavy atom. The van der Waals surface area contributed by atoms with Crippen molar-refractivity contribution < 1.29 is 0 Å². The molecular formula is C52H39N. The van der Waals surface area contributed by atoms with Crippen molar-refractivity contribution in [3.05, 3.63) is 211 Å². The summed E-state index contributed by atoms with van der Waals surface area (Å²) in [6.07, 6.45) is 0. The fourth-order valence-corrected chi connectivity index (χ4v) is 7.89. The maximum atomic E-state index is 2.34. The van der Waals surface area contributed by atoms with E-state index in [1.807, 2.05) is 0 Å². The molecule has 53 heavy (non-hydrogen) atoms. The SMILES string of the molecule is Cc1ccccc1-c1cccc(-c2ccc(N(c3ccccc3)c3ccc(-c4c(-c5ccc6ccccc6c5)ccc5ccccc45)cc3)cc2)c1C. The number of rotatable bonds is 7. The average molecular weight is 678 g/mol. The van der Waals surface area contributed by atoms with E-state index in [0.29, 0.717) is 0 Å². The molecule has 0 saturated carbocycles. The summed E-state index contributed by atoms with van der Waals surface area (Å²) in [4.78, 5) is 2.34. The molecule has 0 unspecified atom stereocenters. The first-order valence-corrected chi connectivity index (χ1v) is 18.3. The standard InChI is InChI=1S/C52H39N/c1-36-13-6-10-19-47(36)49-22-12-21-48(37(49)2)40-25-30-45(31-26-40)53(44-17-4-3-5-18-44)46-32-27-41(28-33-46)52-50-20-11-9-15-39(50)29-34-51(52)43-24-23-38-14-7-8-16-42(38)35-43/h3-35H,1-2H3. The summed E-state index contributed by atoms with van der Waals surface area (Å²) < 4.78 is 0. The number of benzene rings is 9. The summed E-state index contributed by atoms with van der Waals surface area (Å²) in [5, 5.41) is 4.99. The number of anilines is 3. The van der Waals surface area contributed by atoms with Crippen LogP contribution >= 0.6 is 0 Å². The van der Waals surface area contributed by atoms with E-state index < -0.39 is 0 Å². The molecule has 0 amide bonds. The van der Waals surface area contributed by atoms with Crippen LogP contribution in [0.3, 0.4) is 0 Å². The predicted molar refractivity (Wildman–Crippen MR) is 227 cm³/mol. The van der Waals surface area contributed by atoms with Gasteiger partial charge >= 0.3 is 0 Å². The minimum Gasteiger partial charge on any atom is -0.311 e. The molecule has 0 aliphatic heterocycles. The first-order chi connectivity index (χ1) is 26.1. The molecule has 252 valence electrons. The van der Waals surface area contributed by atoms with Crippen LogP contribution in [-0.2, 0) is 0 Å². The minimum atomic E-state index is 1.11. The molecule has 0 atom stereocenters. The lowest BCUT2D eigenvalue weighted by Gasteiger charge is -2.26. The van der Waals surface area contributed by atoms with Gasteiger partial charge in [-0.1, -0.05) is 158 Å². The van der Waals surface area contributed by atoms with Crippen molar-refractivity contribution in [2.75, 3.05) is 4.90 Å². The van der Waals surface area contributed by atoms with Crippen molar-refractivity contribution >= 4 is 38.6 Å². The number of hydrogen-bond donors (Lipinski definition) is 0. The molecule has 1 heteroatoms. The minimum absolute atomic E-state index is 1.11. The van der Waals surface area contributed by atoms with Crippen molar-refractivity contribution in [3.8, 4) is 44.5 Å². The van der Waals surface area contributed by atoms with Gasteiger partial charge in [-0.05, 0) is 133 Å². The van der Waals surface area contributed by atoms with Gasteiger partial charge < -0.3 is 4.90 Å². The molecule has 9 rings (SSSR count). The van der Waals surface area contributed by atoms with Crippen molar-refractivity contribution in [2.45, 2.75) is 13.8 Å². The molecule has 0 radical (unpaired) electrons. The molecule has 9 aromatic rings. The third-order valence-electron chi connectivity index (χ3n) is 10.6. The molecule has 0 aliphatic rings. The van der Waals surface area contributed by atoms with Crippen LogP contribution in [0.1, 0.15) is 11.1 Å². The highest BCUT2D eigenvalue weighted by atomic mass is 15.1. The van der Waals surface area contributed by atoms with E-state index in [1.165, 1.54) is 77.2 Å². The van der Waals surface area contributed by atoms with E-state index in [-0.39, 0.29) is 0 Å². The summed E-state index contributed by atoms with van der Waals surface area (Å²) in [5.74, 6) is 0. The highest BCUT2D eigenvalue weighted by molar-refractivity contribution is 6.05. The number of nitrogens with zero attached hydrogens (tertiary/aromatic N) is 1. The molecule has 1 nitrogen and oxygen atoms in total. The molecule has 0 heterocycles. The third-order valence-corrected chi connectivity index (χ3v) is 10.6. The van der Waals surface area contributed by atoms with Gasteiger partial charge in [-0.3, -0.25) is 0 Å². The zero-order valence-electron chi connectivity index (χ0n) is 30.0. The van der Waals surface area contributed by atoms with Gasteiger partial charge in [0.15, 0.2) is 0 Å². The Kier molecular flexibility index (Phi) is 8.38. The topological polar surface area (TPSA) is 3.24 Å². The van der Waals surface area contributed by atoms with E-state index in [2.05, 4.69) is 219 Å². The number of fused-ring (bicyclic) bond motifs is 2. The normalized spacial score (nSPS) is 11.2. The number of aryl methyl sites for hydroxylation is 1. The van der Waals surface area contributed by atoms with Crippen LogP contribution in [0, 0.1) is 13.8 Å². The fraction of sp³-hybridized carbons (Fsp3) is 0.0385. The van der Waals surface area contributed by atoms with Gasteiger partial charge in [0.05, 0.1) is 0 Å². The Labute approximate surface area is 312 Å². The molecule has 9 aromatic carbocycles. The summed E-state index contributed by atoms with van der Waals surface area (Å²) in [6, 6.07) is 72.7. The average Bonchev–Trinajstić information content (AvgIpc) is 3.22. The van der Waals surface area contributed by atoms with Crippen LogP contribution in [-0.4, -0.2) is 0 Å². The van der Waals surface area contributed by atoms with Crippen LogP contribution in [0.5, 0.6) is 0 Å². The second-order valence-electron chi connectivity index (χ2n) is 13.8. The molecule has 0 fully saturated rings. The van der Waals surface area contributed by atoms with Crippen LogP contribution < -0.4 is 4.90 Å². The summed E-state index contributed by atoms with van der Waals surface area (Å²) in [5.41, 5.74) is 15.9. The van der Waals surface area contributed by atoms with Crippen molar-refractivity contribution in [1.82, 2.24) is 0 Å². The lowest BCUT2D eigenvalue weighted by molar-refractivity contribution is 1.28. The second kappa shape index (κ2) is 13.8. The molecule has 0 saturated heterocycles. The third kappa shape index (κ3) is 6.07. The molecular weight excluding hydrogens is 639 g/mol. The van der Waals surface area contributed by atoms with E-state index in [4.69, 9.17) is 0 Å². The van der Waals surface area contributed by atoms with E-state index in [1.54, 1.807) is 0 Å². The maximum absolute atomic E-state index is 2.34. The van der Waals surface area contributed by atoms with Gasteiger partial charge in [-0.2, -0.15) is 0 Å². The monoisotopic (exact) mass is 677 g/mol. The summed E-state index contributed by atoms with van der Waals surface area (Å²) >= 11 is 0. The Morgan fingerprint density at radius 3 is 1.62 bits per heavy atom. The molecule has 0 bridgehead atoms. The zero-order chi connectivity index (χ0) is 35.7. The Balaban J connectivity index is 1.11. The number of para-hydroxylation sites is 1. The first-order valence-electron chi connectivity index (χ1n) is 18.3. The second-order valence-corrected chi connectivity index (χ2v) is 13.8. The van der Waals surface area contributed by atoms with Gasteiger partial charge in [-0.25, -0.2) is 0 Å². The van der Waals surface area contributed by atoms with Gasteiger partial charge in [0.2, 0.25) is 0 Å². The van der Waals surface area contributed by atoms with Crippen LogP contribution in [0.25, 0.3) is 66.1 Å². The van der Waals surface area contributed by atoms with Crippen molar-refractivity contribution in [3.63, 3.8) is 0 Å². The van der Waals surface area contributed by atoms with E-state index in [9.17, 15) is 0 Å². The highest BCUT2D eigenvalue weighted by Gasteiger charge is 2.17. The lowest BCUT2D eigenvalue weighted by Crippen LogP contribution is -2.09. The first kappa shape index (κ1) is 32.2. The Morgan fingerprint density at radius 1 is 0.321 bits per heavy atom. The predicted octanol–water partition coefficient (Wildman–Crippen LogP) is 14.7.